The highest BCUT2D eigenvalue weighted by molar-refractivity contribution is 9.10. The van der Waals surface area contributed by atoms with E-state index in [-0.39, 0.29) is 23.5 Å². The third-order valence-corrected chi connectivity index (χ3v) is 5.59. The first-order valence-electron chi connectivity index (χ1n) is 8.38. The number of primary amides is 1. The van der Waals surface area contributed by atoms with Crippen LogP contribution in [0.15, 0.2) is 33.9 Å². The van der Waals surface area contributed by atoms with E-state index in [1.807, 2.05) is 35.8 Å². The van der Waals surface area contributed by atoms with Gasteiger partial charge in [-0.1, -0.05) is 33.8 Å². The predicted octanol–water partition coefficient (Wildman–Crippen LogP) is 2.91. The molecule has 0 radical (unpaired) electrons. The molecule has 1 aliphatic rings. The second-order valence-corrected chi connectivity index (χ2v) is 8.47. The molecule has 0 bridgehead atoms. The highest BCUT2D eigenvalue weighted by atomic mass is 79.9. The zero-order valence-corrected chi connectivity index (χ0v) is 16.7. The molecular formula is C17H20BrN5O2S. The number of carbonyl (C=O) groups excluding carboxylic acids is 2. The fourth-order valence-electron chi connectivity index (χ4n) is 2.48. The molecule has 1 aliphatic carbocycles. The van der Waals surface area contributed by atoms with Gasteiger partial charge in [0.2, 0.25) is 11.8 Å². The van der Waals surface area contributed by atoms with Crippen LogP contribution >= 0.6 is 27.7 Å². The smallest absolute Gasteiger partial charge is 0.237 e. The molecule has 1 aromatic heterocycles. The Morgan fingerprint density at radius 1 is 1.42 bits per heavy atom. The summed E-state index contributed by atoms with van der Waals surface area (Å²) in [6, 6.07) is 7.44. The van der Waals surface area contributed by atoms with Crippen molar-refractivity contribution in [2.45, 2.75) is 49.1 Å². The van der Waals surface area contributed by atoms with E-state index in [0.717, 1.165) is 28.8 Å². The number of rotatable bonds is 8. The van der Waals surface area contributed by atoms with Gasteiger partial charge in [0.25, 0.3) is 0 Å². The molecule has 7 nitrogen and oxygen atoms in total. The Morgan fingerprint density at radius 2 is 2.19 bits per heavy atom. The van der Waals surface area contributed by atoms with E-state index in [4.69, 9.17) is 5.73 Å². The molecule has 3 rings (SSSR count). The molecule has 9 heteroatoms. The summed E-state index contributed by atoms with van der Waals surface area (Å²) in [5.74, 6) is 0.797. The Bertz CT molecular complexity index is 821. The Kier molecular flexibility index (Phi) is 5.98. The number of thioether (sulfide) groups is 1. The third-order valence-electron chi connectivity index (χ3n) is 4.01. The summed E-state index contributed by atoms with van der Waals surface area (Å²) in [4.78, 5) is 23.6. The molecule has 0 aliphatic heterocycles. The maximum Gasteiger partial charge on any atom is 0.237 e. The number of nitrogens with one attached hydrogen (secondary N) is 1. The van der Waals surface area contributed by atoms with E-state index >= 15 is 0 Å². The van der Waals surface area contributed by atoms with Crippen LogP contribution in [-0.2, 0) is 16.1 Å². The summed E-state index contributed by atoms with van der Waals surface area (Å²) in [6.45, 7) is 2.26. The maximum absolute atomic E-state index is 12.5. The number of nitrogens with zero attached hydrogens (tertiary/aromatic N) is 3. The molecule has 138 valence electrons. The summed E-state index contributed by atoms with van der Waals surface area (Å²) < 4.78 is 2.83. The number of aromatic nitrogens is 3. The van der Waals surface area contributed by atoms with Gasteiger partial charge >= 0.3 is 0 Å². The van der Waals surface area contributed by atoms with Crippen LogP contribution in [0.4, 0.5) is 5.69 Å². The van der Waals surface area contributed by atoms with E-state index in [1.165, 1.54) is 11.8 Å². The van der Waals surface area contributed by atoms with Crippen LogP contribution in [0.3, 0.4) is 0 Å². The Morgan fingerprint density at radius 3 is 2.85 bits per heavy atom. The lowest BCUT2D eigenvalue weighted by atomic mass is 10.3. The molecule has 26 heavy (non-hydrogen) atoms. The van der Waals surface area contributed by atoms with Gasteiger partial charge in [0.1, 0.15) is 5.82 Å². The minimum absolute atomic E-state index is 0.120. The lowest BCUT2D eigenvalue weighted by Gasteiger charge is -2.13. The second kappa shape index (κ2) is 8.22. The topological polar surface area (TPSA) is 103 Å². The van der Waals surface area contributed by atoms with E-state index in [9.17, 15) is 9.59 Å². The summed E-state index contributed by atoms with van der Waals surface area (Å²) in [5, 5.41) is 11.7. The average Bonchev–Trinajstić information content (AvgIpc) is 3.35. The van der Waals surface area contributed by atoms with Gasteiger partial charge in [0.15, 0.2) is 5.16 Å². The average molecular weight is 438 g/mol. The maximum atomic E-state index is 12.5. The van der Waals surface area contributed by atoms with Crippen LogP contribution in [0.1, 0.15) is 37.9 Å². The second-order valence-electron chi connectivity index (χ2n) is 6.24. The predicted molar refractivity (Wildman–Crippen MR) is 104 cm³/mol. The summed E-state index contributed by atoms with van der Waals surface area (Å²) in [6.07, 6.45) is 2.39. The van der Waals surface area contributed by atoms with Gasteiger partial charge in [-0.25, -0.2) is 0 Å². The lowest BCUT2D eigenvalue weighted by molar-refractivity contribution is -0.118. The number of hydrogen-bond donors (Lipinski definition) is 2. The molecule has 1 fully saturated rings. The van der Waals surface area contributed by atoms with E-state index < -0.39 is 0 Å². The number of nitrogens with two attached hydrogens (primary N) is 1. The Labute approximate surface area is 164 Å². The number of halogens is 1. The first kappa shape index (κ1) is 18.9. The van der Waals surface area contributed by atoms with Crippen molar-refractivity contribution in [1.82, 2.24) is 14.8 Å². The van der Waals surface area contributed by atoms with Crippen LogP contribution in [-0.4, -0.2) is 31.8 Å². The first-order chi connectivity index (χ1) is 12.4. The highest BCUT2D eigenvalue weighted by Crippen LogP contribution is 2.40. The van der Waals surface area contributed by atoms with Crippen LogP contribution in [0.2, 0.25) is 0 Å². The van der Waals surface area contributed by atoms with Crippen LogP contribution in [0, 0.1) is 0 Å². The minimum Gasteiger partial charge on any atom is -0.370 e. The molecule has 0 spiro atoms. The molecule has 1 heterocycles. The van der Waals surface area contributed by atoms with Crippen molar-refractivity contribution >= 4 is 45.2 Å². The van der Waals surface area contributed by atoms with Crippen molar-refractivity contribution in [1.29, 1.82) is 0 Å². The number of benzene rings is 1. The van der Waals surface area contributed by atoms with Gasteiger partial charge in [-0.05, 0) is 38.0 Å². The van der Waals surface area contributed by atoms with Crippen molar-refractivity contribution in [3.63, 3.8) is 0 Å². The van der Waals surface area contributed by atoms with E-state index in [2.05, 4.69) is 31.4 Å². The van der Waals surface area contributed by atoms with Crippen LogP contribution in [0.25, 0.3) is 0 Å². The van der Waals surface area contributed by atoms with Crippen molar-refractivity contribution in [3.05, 3.63) is 34.6 Å². The van der Waals surface area contributed by atoms with Crippen LogP contribution in [0.5, 0.6) is 0 Å². The van der Waals surface area contributed by atoms with Crippen molar-refractivity contribution < 1.29 is 9.59 Å². The number of carbonyl (C=O) groups is 2. The molecular weight excluding hydrogens is 418 g/mol. The largest absolute Gasteiger partial charge is 0.370 e. The zero-order valence-electron chi connectivity index (χ0n) is 14.3. The van der Waals surface area contributed by atoms with Gasteiger partial charge in [0, 0.05) is 29.0 Å². The standard InChI is InChI=1S/C17H20BrN5O2S/c1-10(16(25)20-13-4-2-3-12(18)9-13)26-17-22-21-15(11-5-6-11)23(17)8-7-14(19)24/h2-4,9-11H,5-8H2,1H3,(H2,19,24)(H,20,25). The number of amides is 2. The quantitative estimate of drug-likeness (QED) is 0.617. The fraction of sp³-hybridized carbons (Fsp3) is 0.412. The van der Waals surface area contributed by atoms with Gasteiger partial charge < -0.3 is 15.6 Å². The molecule has 0 saturated heterocycles. The summed E-state index contributed by atoms with van der Waals surface area (Å²) >= 11 is 4.72. The number of hydrogen-bond acceptors (Lipinski definition) is 5. The highest BCUT2D eigenvalue weighted by Gasteiger charge is 2.31. The SMILES string of the molecule is CC(Sc1nnc(C2CC2)n1CCC(N)=O)C(=O)Nc1cccc(Br)c1. The molecule has 1 atom stereocenters. The Balaban J connectivity index is 1.68. The monoisotopic (exact) mass is 437 g/mol. The van der Waals surface area contributed by atoms with E-state index in [0.29, 0.717) is 17.6 Å². The van der Waals surface area contributed by atoms with Gasteiger partial charge in [0.05, 0.1) is 5.25 Å². The fourth-order valence-corrected chi connectivity index (χ4v) is 3.77. The molecule has 1 unspecified atom stereocenters. The van der Waals surface area contributed by atoms with Gasteiger partial charge in [-0.15, -0.1) is 10.2 Å². The van der Waals surface area contributed by atoms with Crippen molar-refractivity contribution in [2.75, 3.05) is 5.32 Å². The van der Waals surface area contributed by atoms with Crippen LogP contribution < -0.4 is 11.1 Å². The molecule has 1 saturated carbocycles. The van der Waals surface area contributed by atoms with Crippen molar-refractivity contribution in [2.24, 2.45) is 5.73 Å². The van der Waals surface area contributed by atoms with Gasteiger partial charge in [-0.3, -0.25) is 9.59 Å². The molecule has 1 aromatic carbocycles. The van der Waals surface area contributed by atoms with Crippen molar-refractivity contribution in [3.8, 4) is 0 Å². The first-order valence-corrected chi connectivity index (χ1v) is 10.1. The molecule has 2 aromatic rings. The molecule has 2 amide bonds. The Hall–Kier alpha value is -1.87. The molecule has 3 N–H and O–H groups in total. The lowest BCUT2D eigenvalue weighted by Crippen LogP contribution is -2.23. The normalized spacial score (nSPS) is 14.8. The summed E-state index contributed by atoms with van der Waals surface area (Å²) in [7, 11) is 0. The summed E-state index contributed by atoms with van der Waals surface area (Å²) in [5.41, 5.74) is 6.01. The number of anilines is 1. The van der Waals surface area contributed by atoms with E-state index in [1.54, 1.807) is 0 Å². The third kappa shape index (κ3) is 4.85. The minimum atomic E-state index is -0.364. The zero-order chi connectivity index (χ0) is 18.7. The van der Waals surface area contributed by atoms with Gasteiger partial charge in [-0.2, -0.15) is 0 Å².